The predicted octanol–water partition coefficient (Wildman–Crippen LogP) is 2.51. The molecule has 1 rings (SSSR count). The van der Waals surface area contributed by atoms with Crippen LogP contribution >= 0.6 is 0 Å². The number of likely N-dealkylation sites (N-methyl/N-ethyl adjacent to an activating group) is 1. The van der Waals surface area contributed by atoms with Crippen molar-refractivity contribution in [3.05, 3.63) is 0 Å². The lowest BCUT2D eigenvalue weighted by Gasteiger charge is -2.37. The molecule has 0 aromatic carbocycles. The molecule has 0 aliphatic carbocycles. The summed E-state index contributed by atoms with van der Waals surface area (Å²) in [6.45, 7) is 14.4. The van der Waals surface area contributed by atoms with Gasteiger partial charge < -0.3 is 10.1 Å². The van der Waals surface area contributed by atoms with E-state index in [1.807, 2.05) is 0 Å². The van der Waals surface area contributed by atoms with Crippen LogP contribution < -0.4 is 5.32 Å². The Bertz CT molecular complexity index is 211. The van der Waals surface area contributed by atoms with Crippen molar-refractivity contribution in [1.29, 1.82) is 0 Å². The van der Waals surface area contributed by atoms with E-state index in [0.717, 1.165) is 38.7 Å². The van der Waals surface area contributed by atoms with E-state index in [0.29, 0.717) is 12.1 Å². The number of hydrogen-bond donors (Lipinski definition) is 1. The maximum Gasteiger partial charge on any atom is 0.0855 e. The molecule has 1 aliphatic heterocycles. The van der Waals surface area contributed by atoms with E-state index >= 15 is 0 Å². The van der Waals surface area contributed by atoms with E-state index in [1.54, 1.807) is 0 Å². The second-order valence-electron chi connectivity index (χ2n) is 5.61. The summed E-state index contributed by atoms with van der Waals surface area (Å²) in [4.78, 5) is 2.51. The fraction of sp³-hybridized carbons (Fsp3) is 1.00. The monoisotopic (exact) mass is 256 g/mol. The van der Waals surface area contributed by atoms with Gasteiger partial charge in [0, 0.05) is 19.1 Å². The van der Waals surface area contributed by atoms with Gasteiger partial charge in [0.05, 0.1) is 12.7 Å². The smallest absolute Gasteiger partial charge is 0.0855 e. The summed E-state index contributed by atoms with van der Waals surface area (Å²) in [5, 5.41) is 3.70. The molecule has 3 atom stereocenters. The van der Waals surface area contributed by atoms with Crippen molar-refractivity contribution >= 4 is 0 Å². The number of ether oxygens (including phenoxy) is 1. The Morgan fingerprint density at radius 3 is 2.72 bits per heavy atom. The Labute approximate surface area is 113 Å². The van der Waals surface area contributed by atoms with Gasteiger partial charge in [0.1, 0.15) is 0 Å². The lowest BCUT2D eigenvalue weighted by atomic mass is 9.95. The molecule has 0 spiro atoms. The summed E-state index contributed by atoms with van der Waals surface area (Å²) >= 11 is 0. The van der Waals surface area contributed by atoms with Gasteiger partial charge in [-0.25, -0.2) is 0 Å². The Morgan fingerprint density at radius 1 is 1.33 bits per heavy atom. The quantitative estimate of drug-likeness (QED) is 0.722. The molecule has 0 aromatic rings. The van der Waals surface area contributed by atoms with Crippen LogP contribution in [0.4, 0.5) is 0 Å². The maximum atomic E-state index is 6.01. The maximum absolute atomic E-state index is 6.01. The highest BCUT2D eigenvalue weighted by Crippen LogP contribution is 2.17. The average molecular weight is 256 g/mol. The molecule has 3 heteroatoms. The molecule has 0 bridgehead atoms. The van der Waals surface area contributed by atoms with Gasteiger partial charge in [-0.2, -0.15) is 0 Å². The Kier molecular flexibility index (Phi) is 7.87. The first-order valence-electron chi connectivity index (χ1n) is 7.78. The zero-order valence-electron chi connectivity index (χ0n) is 12.7. The molecule has 1 aliphatic rings. The van der Waals surface area contributed by atoms with Crippen LogP contribution in [0.5, 0.6) is 0 Å². The second kappa shape index (κ2) is 8.89. The molecule has 1 N–H and O–H groups in total. The van der Waals surface area contributed by atoms with Gasteiger partial charge >= 0.3 is 0 Å². The van der Waals surface area contributed by atoms with E-state index in [-0.39, 0.29) is 0 Å². The van der Waals surface area contributed by atoms with Crippen molar-refractivity contribution in [2.24, 2.45) is 5.92 Å². The van der Waals surface area contributed by atoms with Crippen LogP contribution in [0.3, 0.4) is 0 Å². The highest BCUT2D eigenvalue weighted by molar-refractivity contribution is 4.84. The molecule has 3 unspecified atom stereocenters. The summed E-state index contributed by atoms with van der Waals surface area (Å²) in [5.41, 5.74) is 0. The number of morpholine rings is 1. The molecule has 0 amide bonds. The number of nitrogens with one attached hydrogen (secondary N) is 1. The topological polar surface area (TPSA) is 24.5 Å². The minimum absolute atomic E-state index is 0.374. The highest BCUT2D eigenvalue weighted by atomic mass is 16.5. The lowest BCUT2D eigenvalue weighted by Crippen LogP contribution is -2.52. The van der Waals surface area contributed by atoms with Gasteiger partial charge in [-0.3, -0.25) is 4.90 Å². The van der Waals surface area contributed by atoms with Crippen LogP contribution in [0.25, 0.3) is 0 Å². The summed E-state index contributed by atoms with van der Waals surface area (Å²) in [5.74, 6) is 0.778. The molecule has 1 saturated heterocycles. The minimum atomic E-state index is 0.374. The van der Waals surface area contributed by atoms with E-state index in [4.69, 9.17) is 4.74 Å². The third kappa shape index (κ3) is 5.25. The van der Waals surface area contributed by atoms with Crippen LogP contribution in [-0.4, -0.2) is 49.8 Å². The first-order chi connectivity index (χ1) is 8.71. The van der Waals surface area contributed by atoms with E-state index < -0.39 is 0 Å². The van der Waals surface area contributed by atoms with E-state index in [9.17, 15) is 0 Å². The number of hydrogen-bond acceptors (Lipinski definition) is 3. The zero-order chi connectivity index (χ0) is 13.4. The van der Waals surface area contributed by atoms with Crippen LogP contribution in [0.1, 0.15) is 47.0 Å². The van der Waals surface area contributed by atoms with Crippen LogP contribution in [-0.2, 0) is 4.74 Å². The molecule has 18 heavy (non-hydrogen) atoms. The van der Waals surface area contributed by atoms with E-state index in [1.165, 1.54) is 19.3 Å². The molecule has 108 valence electrons. The van der Waals surface area contributed by atoms with Crippen molar-refractivity contribution in [2.45, 2.75) is 59.1 Å². The van der Waals surface area contributed by atoms with Gasteiger partial charge in [-0.1, -0.05) is 34.1 Å². The van der Waals surface area contributed by atoms with Gasteiger partial charge in [-0.05, 0) is 31.8 Å². The Hall–Kier alpha value is -0.120. The average Bonchev–Trinajstić information content (AvgIpc) is 2.43. The van der Waals surface area contributed by atoms with Gasteiger partial charge in [0.15, 0.2) is 0 Å². The van der Waals surface area contributed by atoms with Crippen molar-refractivity contribution in [3.63, 3.8) is 0 Å². The molecule has 0 saturated carbocycles. The normalized spacial score (nSPS) is 25.0. The van der Waals surface area contributed by atoms with Crippen molar-refractivity contribution < 1.29 is 4.74 Å². The molecule has 3 nitrogen and oxygen atoms in total. The van der Waals surface area contributed by atoms with Crippen LogP contribution in [0, 0.1) is 5.92 Å². The molecular formula is C15H32N2O. The summed E-state index contributed by atoms with van der Waals surface area (Å²) in [7, 11) is 0. The third-order valence-electron chi connectivity index (χ3n) is 4.08. The SMILES string of the molecule is CCCNC(CC(C)CC)C1CN(CC)CCO1. The van der Waals surface area contributed by atoms with Gasteiger partial charge in [0.2, 0.25) is 0 Å². The first kappa shape index (κ1) is 15.9. The Balaban J connectivity index is 2.51. The minimum Gasteiger partial charge on any atom is -0.374 e. The first-order valence-corrected chi connectivity index (χ1v) is 7.78. The van der Waals surface area contributed by atoms with Gasteiger partial charge in [0.25, 0.3) is 0 Å². The zero-order valence-corrected chi connectivity index (χ0v) is 12.7. The molecule has 1 fully saturated rings. The van der Waals surface area contributed by atoms with Crippen LogP contribution in [0.2, 0.25) is 0 Å². The van der Waals surface area contributed by atoms with E-state index in [2.05, 4.69) is 37.9 Å². The third-order valence-corrected chi connectivity index (χ3v) is 4.08. The fourth-order valence-corrected chi connectivity index (χ4v) is 2.56. The Morgan fingerprint density at radius 2 is 2.11 bits per heavy atom. The fourth-order valence-electron chi connectivity index (χ4n) is 2.56. The number of nitrogens with zero attached hydrogens (tertiary/aromatic N) is 1. The summed E-state index contributed by atoms with van der Waals surface area (Å²) in [6.07, 6.45) is 4.06. The summed E-state index contributed by atoms with van der Waals surface area (Å²) in [6, 6.07) is 0.522. The van der Waals surface area contributed by atoms with Crippen molar-refractivity contribution in [3.8, 4) is 0 Å². The molecule has 1 heterocycles. The van der Waals surface area contributed by atoms with Crippen LogP contribution in [0.15, 0.2) is 0 Å². The summed E-state index contributed by atoms with van der Waals surface area (Å²) < 4.78 is 6.01. The highest BCUT2D eigenvalue weighted by Gasteiger charge is 2.27. The molecule has 0 aromatic heterocycles. The van der Waals surface area contributed by atoms with Crippen molar-refractivity contribution in [2.75, 3.05) is 32.8 Å². The second-order valence-corrected chi connectivity index (χ2v) is 5.61. The predicted molar refractivity (Wildman–Crippen MR) is 78.0 cm³/mol. The lowest BCUT2D eigenvalue weighted by molar-refractivity contribution is -0.0482. The molecular weight excluding hydrogens is 224 g/mol. The van der Waals surface area contributed by atoms with Gasteiger partial charge in [-0.15, -0.1) is 0 Å². The number of rotatable bonds is 8. The standard InChI is InChI=1S/C15H32N2O/c1-5-8-16-14(11-13(4)6-2)15-12-17(7-3)9-10-18-15/h13-16H,5-12H2,1-4H3. The molecule has 0 radical (unpaired) electrons. The largest absolute Gasteiger partial charge is 0.374 e. The van der Waals surface area contributed by atoms with Crippen molar-refractivity contribution in [1.82, 2.24) is 10.2 Å².